The van der Waals surface area contributed by atoms with E-state index in [2.05, 4.69) is 11.4 Å². The van der Waals surface area contributed by atoms with Gasteiger partial charge in [0, 0.05) is 6.92 Å². The molecule has 7 heteroatoms. The lowest BCUT2D eigenvalue weighted by atomic mass is 9.65. The fraction of sp³-hybridized carbons (Fsp3) is 0.579. The van der Waals surface area contributed by atoms with Crippen molar-refractivity contribution in [2.24, 2.45) is 11.3 Å². The zero-order valence-electron chi connectivity index (χ0n) is 15.0. The van der Waals surface area contributed by atoms with Crippen molar-refractivity contribution >= 4 is 34.0 Å². The monoisotopic (exact) mass is 374 g/mol. The second-order valence-electron chi connectivity index (χ2n) is 6.91. The SMILES string of the molecule is CCOC(=O)c1c(NC(C)=O)sc2c1CCC(C#N)(C1CCCC1)C2=O. The third kappa shape index (κ3) is 2.92. The average Bonchev–Trinajstić information content (AvgIpc) is 3.24. The molecule has 3 rings (SSSR count). The molecule has 138 valence electrons. The van der Waals surface area contributed by atoms with Crippen molar-refractivity contribution in [3.63, 3.8) is 0 Å². The number of carbonyl (C=O) groups is 3. The number of hydrogen-bond acceptors (Lipinski definition) is 6. The number of esters is 1. The summed E-state index contributed by atoms with van der Waals surface area (Å²) in [5.41, 5.74) is -0.118. The van der Waals surface area contributed by atoms with E-state index in [4.69, 9.17) is 4.74 Å². The first kappa shape index (κ1) is 18.6. The van der Waals surface area contributed by atoms with E-state index in [0.717, 1.165) is 37.0 Å². The molecule has 0 saturated heterocycles. The highest BCUT2D eigenvalue weighted by Gasteiger charge is 2.51. The molecule has 0 aromatic carbocycles. The van der Waals surface area contributed by atoms with Gasteiger partial charge in [-0.3, -0.25) is 9.59 Å². The lowest BCUT2D eigenvalue weighted by Gasteiger charge is -2.34. The van der Waals surface area contributed by atoms with Gasteiger partial charge in [-0.05, 0) is 44.1 Å². The van der Waals surface area contributed by atoms with Crippen LogP contribution in [-0.2, 0) is 16.0 Å². The Hall–Kier alpha value is -2.20. The quantitative estimate of drug-likeness (QED) is 0.810. The maximum absolute atomic E-state index is 13.3. The van der Waals surface area contributed by atoms with Crippen LogP contribution in [0, 0.1) is 22.7 Å². The normalized spacial score (nSPS) is 22.6. The predicted octanol–water partition coefficient (Wildman–Crippen LogP) is 3.71. The molecule has 2 aliphatic carbocycles. The third-order valence-corrected chi connectivity index (χ3v) is 6.55. The minimum absolute atomic E-state index is 0.0745. The molecule has 0 spiro atoms. The van der Waals surface area contributed by atoms with Gasteiger partial charge in [-0.15, -0.1) is 11.3 Å². The van der Waals surface area contributed by atoms with Crippen molar-refractivity contribution in [2.45, 2.75) is 52.4 Å². The van der Waals surface area contributed by atoms with E-state index in [-0.39, 0.29) is 29.8 Å². The lowest BCUT2D eigenvalue weighted by Crippen LogP contribution is -2.40. The molecule has 1 aromatic heterocycles. The van der Waals surface area contributed by atoms with Crippen molar-refractivity contribution in [2.75, 3.05) is 11.9 Å². The van der Waals surface area contributed by atoms with Crippen LogP contribution in [0.3, 0.4) is 0 Å². The van der Waals surface area contributed by atoms with E-state index in [9.17, 15) is 19.6 Å². The molecule has 1 aromatic rings. The second-order valence-corrected chi connectivity index (χ2v) is 7.93. The predicted molar refractivity (Wildman–Crippen MR) is 97.2 cm³/mol. The Morgan fingerprint density at radius 1 is 1.38 bits per heavy atom. The fourth-order valence-electron chi connectivity index (χ4n) is 4.20. The molecule has 6 nitrogen and oxygen atoms in total. The second kappa shape index (κ2) is 7.20. The highest BCUT2D eigenvalue weighted by molar-refractivity contribution is 7.19. The Kier molecular flexibility index (Phi) is 5.15. The lowest BCUT2D eigenvalue weighted by molar-refractivity contribution is -0.114. The van der Waals surface area contributed by atoms with Gasteiger partial charge in [0.1, 0.15) is 10.4 Å². The molecule has 1 N–H and O–H groups in total. The fourth-order valence-corrected chi connectivity index (χ4v) is 5.51. The Bertz CT molecular complexity index is 801. The number of nitrogens with one attached hydrogen (secondary N) is 1. The Morgan fingerprint density at radius 2 is 2.08 bits per heavy atom. The van der Waals surface area contributed by atoms with E-state index in [1.165, 1.54) is 6.92 Å². The van der Waals surface area contributed by atoms with Gasteiger partial charge in [0.05, 0.1) is 23.1 Å². The summed E-state index contributed by atoms with van der Waals surface area (Å²) in [6, 6.07) is 2.33. The van der Waals surface area contributed by atoms with Crippen molar-refractivity contribution in [1.29, 1.82) is 5.26 Å². The van der Waals surface area contributed by atoms with E-state index in [0.29, 0.717) is 28.3 Å². The highest BCUT2D eigenvalue weighted by atomic mass is 32.1. The molecule has 0 bridgehead atoms. The van der Waals surface area contributed by atoms with Crippen LogP contribution in [0.1, 0.15) is 71.5 Å². The minimum Gasteiger partial charge on any atom is -0.462 e. The van der Waals surface area contributed by atoms with Gasteiger partial charge in [0.15, 0.2) is 5.78 Å². The summed E-state index contributed by atoms with van der Waals surface area (Å²) in [6.45, 7) is 3.27. The number of ether oxygens (including phenoxy) is 1. The maximum Gasteiger partial charge on any atom is 0.341 e. The molecule has 1 atom stereocenters. The van der Waals surface area contributed by atoms with Gasteiger partial charge < -0.3 is 10.1 Å². The number of rotatable bonds is 4. The van der Waals surface area contributed by atoms with Gasteiger partial charge in [0.25, 0.3) is 0 Å². The number of hydrogen-bond donors (Lipinski definition) is 1. The zero-order chi connectivity index (χ0) is 18.9. The first-order valence-corrected chi connectivity index (χ1v) is 9.82. The van der Waals surface area contributed by atoms with Gasteiger partial charge in [-0.1, -0.05) is 12.8 Å². The minimum atomic E-state index is -1.01. The van der Waals surface area contributed by atoms with Crippen molar-refractivity contribution in [3.8, 4) is 6.07 Å². The molecule has 0 aliphatic heterocycles. The van der Waals surface area contributed by atoms with Crippen LogP contribution in [0.4, 0.5) is 5.00 Å². The van der Waals surface area contributed by atoms with E-state index in [1.54, 1.807) is 6.92 Å². The van der Waals surface area contributed by atoms with E-state index >= 15 is 0 Å². The highest BCUT2D eigenvalue weighted by Crippen LogP contribution is 2.51. The Balaban J connectivity index is 2.08. The van der Waals surface area contributed by atoms with Crippen LogP contribution >= 0.6 is 11.3 Å². The van der Waals surface area contributed by atoms with Crippen LogP contribution in [0.25, 0.3) is 0 Å². The number of Topliss-reactive ketones (excluding diaryl/α,β-unsaturated/α-hetero) is 1. The van der Waals surface area contributed by atoms with Crippen LogP contribution in [0.15, 0.2) is 0 Å². The third-order valence-electron chi connectivity index (χ3n) is 5.41. The van der Waals surface area contributed by atoms with Gasteiger partial charge in [-0.2, -0.15) is 5.26 Å². The molecule has 1 fully saturated rings. The number of thiophene rings is 1. The Morgan fingerprint density at radius 3 is 2.65 bits per heavy atom. The number of ketones is 1. The molecule has 1 amide bonds. The Labute approximate surface area is 156 Å². The standard InChI is InChI=1S/C19H22N2O4S/c1-3-25-18(24)14-13-8-9-19(10-20,12-6-4-5-7-12)16(23)15(13)26-17(14)21-11(2)22/h12H,3-9H2,1-2H3,(H,21,22). The van der Waals surface area contributed by atoms with Crippen molar-refractivity contribution < 1.29 is 19.1 Å². The first-order chi connectivity index (χ1) is 12.4. The topological polar surface area (TPSA) is 96.3 Å². The summed E-state index contributed by atoms with van der Waals surface area (Å²) in [4.78, 5) is 37.7. The molecule has 2 aliphatic rings. The van der Waals surface area contributed by atoms with Crippen LogP contribution in [0.5, 0.6) is 0 Å². The number of nitriles is 1. The van der Waals surface area contributed by atoms with Gasteiger partial charge in [-0.25, -0.2) is 4.79 Å². The summed E-state index contributed by atoms with van der Waals surface area (Å²) in [6.07, 6.45) is 4.76. The molecular weight excluding hydrogens is 352 g/mol. The van der Waals surface area contributed by atoms with Crippen LogP contribution < -0.4 is 5.32 Å². The van der Waals surface area contributed by atoms with Crippen molar-refractivity contribution in [3.05, 3.63) is 16.0 Å². The summed E-state index contributed by atoms with van der Waals surface area (Å²) >= 11 is 1.10. The van der Waals surface area contributed by atoms with Gasteiger partial charge in [0.2, 0.25) is 5.91 Å². The summed E-state index contributed by atoms with van der Waals surface area (Å²) in [5.74, 6) is -0.971. The first-order valence-electron chi connectivity index (χ1n) is 9.01. The summed E-state index contributed by atoms with van der Waals surface area (Å²) in [7, 11) is 0. The number of nitrogens with zero attached hydrogens (tertiary/aromatic N) is 1. The van der Waals surface area contributed by atoms with Crippen LogP contribution in [0.2, 0.25) is 0 Å². The molecule has 0 radical (unpaired) electrons. The smallest absolute Gasteiger partial charge is 0.341 e. The number of amides is 1. The number of anilines is 1. The summed E-state index contributed by atoms with van der Waals surface area (Å²) in [5, 5.41) is 12.9. The van der Waals surface area contributed by atoms with E-state index < -0.39 is 11.4 Å². The van der Waals surface area contributed by atoms with Crippen LogP contribution in [-0.4, -0.2) is 24.3 Å². The number of fused-ring (bicyclic) bond motifs is 1. The summed E-state index contributed by atoms with van der Waals surface area (Å²) < 4.78 is 5.13. The molecular formula is C19H22N2O4S. The number of carbonyl (C=O) groups excluding carboxylic acids is 3. The molecule has 1 unspecified atom stereocenters. The van der Waals surface area contributed by atoms with Gasteiger partial charge >= 0.3 is 5.97 Å². The van der Waals surface area contributed by atoms with Crippen molar-refractivity contribution in [1.82, 2.24) is 0 Å². The van der Waals surface area contributed by atoms with E-state index in [1.807, 2.05) is 0 Å². The molecule has 1 heterocycles. The maximum atomic E-state index is 13.3. The zero-order valence-corrected chi connectivity index (χ0v) is 15.8. The molecule has 26 heavy (non-hydrogen) atoms. The average molecular weight is 374 g/mol. The molecule has 1 saturated carbocycles. The largest absolute Gasteiger partial charge is 0.462 e.